The molecular formula is C23H21BrN2O2. The van der Waals surface area contributed by atoms with Crippen LogP contribution in [0.5, 0.6) is 0 Å². The Morgan fingerprint density at radius 3 is 1.82 bits per heavy atom. The zero-order valence-electron chi connectivity index (χ0n) is 15.7. The van der Waals surface area contributed by atoms with Crippen molar-refractivity contribution in [2.45, 2.75) is 19.4 Å². The van der Waals surface area contributed by atoms with E-state index in [0.717, 1.165) is 21.2 Å². The Kier molecular flexibility index (Phi) is 6.07. The lowest BCUT2D eigenvalue weighted by molar-refractivity contribution is -0.136. The van der Waals surface area contributed by atoms with Crippen LogP contribution in [-0.4, -0.2) is 17.2 Å². The molecule has 4 nitrogen and oxygen atoms in total. The van der Waals surface area contributed by atoms with E-state index in [2.05, 4.69) is 26.5 Å². The number of aryl methyl sites for hydroxylation is 2. The van der Waals surface area contributed by atoms with Gasteiger partial charge in [0.05, 0.1) is 6.21 Å². The standard InChI is InChI=1S/C23H21BrN2O2/c1-16-3-9-19(10-4-16)23(28,20-11-5-17(2)6-12-20)22(27)26-25-15-18-7-13-21(24)14-8-18/h3-15,28H,1-2H3,(H,26,27). The van der Waals surface area contributed by atoms with Gasteiger partial charge in [-0.25, -0.2) is 5.43 Å². The molecule has 0 spiro atoms. The van der Waals surface area contributed by atoms with Crippen LogP contribution < -0.4 is 5.43 Å². The molecule has 0 saturated carbocycles. The second-order valence-electron chi connectivity index (χ2n) is 6.69. The largest absolute Gasteiger partial charge is 0.372 e. The van der Waals surface area contributed by atoms with E-state index < -0.39 is 11.5 Å². The molecule has 0 unspecified atom stereocenters. The normalized spacial score (nSPS) is 11.6. The van der Waals surface area contributed by atoms with Crippen LogP contribution in [0.1, 0.15) is 27.8 Å². The van der Waals surface area contributed by atoms with Crippen LogP contribution in [0.3, 0.4) is 0 Å². The Morgan fingerprint density at radius 2 is 1.36 bits per heavy atom. The van der Waals surface area contributed by atoms with Gasteiger partial charge in [-0.1, -0.05) is 87.7 Å². The second-order valence-corrected chi connectivity index (χ2v) is 7.61. The molecule has 0 aliphatic rings. The van der Waals surface area contributed by atoms with Gasteiger partial charge in [0, 0.05) is 4.47 Å². The summed E-state index contributed by atoms with van der Waals surface area (Å²) >= 11 is 3.38. The minimum Gasteiger partial charge on any atom is -0.372 e. The molecule has 0 aliphatic heterocycles. The van der Waals surface area contributed by atoms with Crippen LogP contribution in [0.15, 0.2) is 82.4 Å². The highest BCUT2D eigenvalue weighted by atomic mass is 79.9. The Morgan fingerprint density at radius 1 is 0.893 bits per heavy atom. The lowest BCUT2D eigenvalue weighted by atomic mass is 9.85. The fourth-order valence-electron chi connectivity index (χ4n) is 2.81. The summed E-state index contributed by atoms with van der Waals surface area (Å²) < 4.78 is 0.960. The fourth-order valence-corrected chi connectivity index (χ4v) is 3.08. The topological polar surface area (TPSA) is 61.7 Å². The van der Waals surface area contributed by atoms with Crippen molar-refractivity contribution < 1.29 is 9.90 Å². The molecule has 3 rings (SSSR count). The molecule has 5 heteroatoms. The summed E-state index contributed by atoms with van der Waals surface area (Å²) in [6.07, 6.45) is 1.54. The van der Waals surface area contributed by atoms with Crippen molar-refractivity contribution in [2.24, 2.45) is 5.10 Å². The lowest BCUT2D eigenvalue weighted by Gasteiger charge is -2.27. The van der Waals surface area contributed by atoms with E-state index in [0.29, 0.717) is 11.1 Å². The van der Waals surface area contributed by atoms with Gasteiger partial charge in [0.15, 0.2) is 5.60 Å². The average Bonchev–Trinajstić information content (AvgIpc) is 2.70. The first-order valence-electron chi connectivity index (χ1n) is 8.85. The summed E-state index contributed by atoms with van der Waals surface area (Å²) in [5.41, 5.74) is 4.52. The number of nitrogens with one attached hydrogen (secondary N) is 1. The second kappa shape index (κ2) is 8.50. The van der Waals surface area contributed by atoms with Gasteiger partial charge in [0.1, 0.15) is 0 Å². The highest BCUT2D eigenvalue weighted by molar-refractivity contribution is 9.10. The third kappa shape index (κ3) is 4.38. The molecule has 0 saturated heterocycles. The van der Waals surface area contributed by atoms with E-state index >= 15 is 0 Å². The predicted octanol–water partition coefficient (Wildman–Crippen LogP) is 4.45. The van der Waals surface area contributed by atoms with E-state index in [1.165, 1.54) is 6.21 Å². The molecule has 142 valence electrons. The molecule has 2 N–H and O–H groups in total. The number of carbonyl (C=O) groups excluding carboxylic acids is 1. The molecule has 3 aromatic rings. The Hall–Kier alpha value is -2.76. The number of aliphatic hydroxyl groups is 1. The minimum atomic E-state index is -1.85. The molecule has 0 aromatic heterocycles. The Bertz CT molecular complexity index is 933. The molecule has 0 bridgehead atoms. The third-order valence-electron chi connectivity index (χ3n) is 4.52. The number of hydrogen-bond donors (Lipinski definition) is 2. The van der Waals surface area contributed by atoms with E-state index in [-0.39, 0.29) is 0 Å². The van der Waals surface area contributed by atoms with Gasteiger partial charge in [-0.05, 0) is 42.7 Å². The van der Waals surface area contributed by atoms with Gasteiger partial charge in [-0.15, -0.1) is 0 Å². The summed E-state index contributed by atoms with van der Waals surface area (Å²) in [5, 5.41) is 15.5. The smallest absolute Gasteiger partial charge is 0.281 e. The molecule has 0 aliphatic carbocycles. The number of hydrogen-bond acceptors (Lipinski definition) is 3. The highest BCUT2D eigenvalue weighted by Gasteiger charge is 2.40. The maximum Gasteiger partial charge on any atom is 0.281 e. The molecule has 0 radical (unpaired) electrons. The molecule has 1 amide bonds. The van der Waals surface area contributed by atoms with Gasteiger partial charge in [0.25, 0.3) is 5.91 Å². The molecule has 0 fully saturated rings. The van der Waals surface area contributed by atoms with Crippen LogP contribution in [-0.2, 0) is 10.4 Å². The summed E-state index contributed by atoms with van der Waals surface area (Å²) in [4.78, 5) is 13.0. The monoisotopic (exact) mass is 436 g/mol. The SMILES string of the molecule is Cc1ccc(C(O)(C(=O)NN=Cc2ccc(Br)cc2)c2ccc(C)cc2)cc1. The minimum absolute atomic E-state index is 0.485. The highest BCUT2D eigenvalue weighted by Crippen LogP contribution is 2.30. The zero-order chi connectivity index (χ0) is 20.1. The zero-order valence-corrected chi connectivity index (χ0v) is 17.3. The summed E-state index contributed by atoms with van der Waals surface area (Å²) in [7, 11) is 0. The number of hydrazone groups is 1. The van der Waals surface area contributed by atoms with E-state index in [4.69, 9.17) is 0 Å². The number of carbonyl (C=O) groups is 1. The first-order chi connectivity index (χ1) is 13.4. The number of rotatable bonds is 5. The van der Waals surface area contributed by atoms with Gasteiger partial charge < -0.3 is 5.11 Å². The summed E-state index contributed by atoms with van der Waals surface area (Å²) in [5.74, 6) is -0.617. The van der Waals surface area contributed by atoms with Crippen molar-refractivity contribution in [2.75, 3.05) is 0 Å². The van der Waals surface area contributed by atoms with Crippen molar-refractivity contribution in [3.8, 4) is 0 Å². The summed E-state index contributed by atoms with van der Waals surface area (Å²) in [6, 6.07) is 22.0. The Labute approximate surface area is 173 Å². The number of halogens is 1. The fraction of sp³-hybridized carbons (Fsp3) is 0.130. The molecule has 0 heterocycles. The predicted molar refractivity (Wildman–Crippen MR) is 115 cm³/mol. The summed E-state index contributed by atoms with van der Waals surface area (Å²) in [6.45, 7) is 3.91. The van der Waals surface area contributed by atoms with Crippen LogP contribution >= 0.6 is 15.9 Å². The Balaban J connectivity index is 1.91. The van der Waals surface area contributed by atoms with Crippen molar-refractivity contribution in [1.29, 1.82) is 0 Å². The lowest BCUT2D eigenvalue weighted by Crippen LogP contribution is -2.43. The maximum atomic E-state index is 13.0. The van der Waals surface area contributed by atoms with Crippen LogP contribution in [0, 0.1) is 13.8 Å². The van der Waals surface area contributed by atoms with Gasteiger partial charge in [0.2, 0.25) is 0 Å². The first-order valence-corrected chi connectivity index (χ1v) is 9.64. The number of nitrogens with zero attached hydrogens (tertiary/aromatic N) is 1. The van der Waals surface area contributed by atoms with Gasteiger partial charge in [-0.3, -0.25) is 4.79 Å². The van der Waals surface area contributed by atoms with Gasteiger partial charge >= 0.3 is 0 Å². The third-order valence-corrected chi connectivity index (χ3v) is 5.05. The van der Waals surface area contributed by atoms with Crippen LogP contribution in [0.25, 0.3) is 0 Å². The van der Waals surface area contributed by atoms with E-state index in [9.17, 15) is 9.90 Å². The van der Waals surface area contributed by atoms with Crippen LogP contribution in [0.4, 0.5) is 0 Å². The number of benzene rings is 3. The first kappa shape index (κ1) is 20.0. The van der Waals surface area contributed by atoms with Crippen molar-refractivity contribution in [3.63, 3.8) is 0 Å². The maximum absolute atomic E-state index is 13.0. The van der Waals surface area contributed by atoms with E-state index in [1.807, 2.05) is 62.4 Å². The van der Waals surface area contributed by atoms with Crippen molar-refractivity contribution >= 4 is 28.1 Å². The van der Waals surface area contributed by atoms with Crippen molar-refractivity contribution in [1.82, 2.24) is 5.43 Å². The average molecular weight is 437 g/mol. The molecule has 28 heavy (non-hydrogen) atoms. The van der Waals surface area contributed by atoms with E-state index in [1.54, 1.807) is 24.3 Å². The molecular weight excluding hydrogens is 416 g/mol. The quantitative estimate of drug-likeness (QED) is 0.458. The molecule has 0 atom stereocenters. The van der Waals surface area contributed by atoms with Gasteiger partial charge in [-0.2, -0.15) is 5.10 Å². The number of amides is 1. The van der Waals surface area contributed by atoms with Crippen molar-refractivity contribution in [3.05, 3.63) is 105 Å². The molecule has 3 aromatic carbocycles. The van der Waals surface area contributed by atoms with Crippen LogP contribution in [0.2, 0.25) is 0 Å².